The Labute approximate surface area is 178 Å². The number of sulfonamides is 1. The maximum atomic E-state index is 13.0. The molecule has 2 N–H and O–H groups in total. The van der Waals surface area contributed by atoms with Crippen molar-refractivity contribution in [3.8, 4) is 11.5 Å². The average molecular weight is 435 g/mol. The van der Waals surface area contributed by atoms with E-state index in [0.29, 0.717) is 11.4 Å². The number of hydrogen-bond donors (Lipinski definition) is 2. The summed E-state index contributed by atoms with van der Waals surface area (Å²) in [6.07, 6.45) is 0. The number of amides is 1. The summed E-state index contributed by atoms with van der Waals surface area (Å²) < 4.78 is 39.4. The van der Waals surface area contributed by atoms with Gasteiger partial charge in [-0.15, -0.1) is 0 Å². The quantitative estimate of drug-likeness (QED) is 0.651. The largest absolute Gasteiger partial charge is 0.496 e. The van der Waals surface area contributed by atoms with Crippen LogP contribution in [0, 0.1) is 6.92 Å². The Balaban J connectivity index is 2.40. The lowest BCUT2D eigenvalue weighted by atomic mass is 9.94. The van der Waals surface area contributed by atoms with Crippen LogP contribution in [0.1, 0.15) is 56.3 Å². The molecule has 30 heavy (non-hydrogen) atoms. The van der Waals surface area contributed by atoms with Crippen LogP contribution in [-0.2, 0) is 14.8 Å². The van der Waals surface area contributed by atoms with Gasteiger partial charge in [0, 0.05) is 13.0 Å². The number of aryl methyl sites for hydroxylation is 1. The summed E-state index contributed by atoms with van der Waals surface area (Å²) in [4.78, 5) is 11.5. The molecule has 2 rings (SSSR count). The number of hydrogen-bond acceptors (Lipinski definition) is 5. The fraction of sp³-hybridized carbons (Fsp3) is 0.409. The van der Waals surface area contributed by atoms with Crippen LogP contribution in [0.2, 0.25) is 0 Å². The van der Waals surface area contributed by atoms with Crippen molar-refractivity contribution in [2.45, 2.75) is 51.5 Å². The van der Waals surface area contributed by atoms with Crippen molar-refractivity contribution >= 4 is 21.6 Å². The Hall–Kier alpha value is -2.58. The molecule has 1 unspecified atom stereocenters. The number of methoxy groups -OCH3 is 2. The first-order chi connectivity index (χ1) is 14.0. The highest BCUT2D eigenvalue weighted by Gasteiger charge is 2.22. The Morgan fingerprint density at radius 3 is 2.13 bits per heavy atom. The molecular formula is C22H30N2O5S. The molecule has 164 valence electrons. The highest BCUT2D eigenvalue weighted by Crippen LogP contribution is 2.33. The first-order valence-corrected chi connectivity index (χ1v) is 11.1. The van der Waals surface area contributed by atoms with Crippen LogP contribution in [0.3, 0.4) is 0 Å². The van der Waals surface area contributed by atoms with Crippen LogP contribution in [0.5, 0.6) is 11.5 Å². The van der Waals surface area contributed by atoms with Gasteiger partial charge < -0.3 is 14.8 Å². The standard InChI is InChI=1S/C22H30N2O5S/c1-13(2)18-12-19(14(3)10-22(18)29-7)15(4)24-30(26,27)17-8-9-21(28-6)20(11-17)23-16(5)25/h8-13,15,24H,1-7H3,(H,23,25). The highest BCUT2D eigenvalue weighted by atomic mass is 32.2. The van der Waals surface area contributed by atoms with Gasteiger partial charge in [-0.25, -0.2) is 13.1 Å². The van der Waals surface area contributed by atoms with Crippen LogP contribution in [0.4, 0.5) is 5.69 Å². The number of rotatable bonds is 8. The summed E-state index contributed by atoms with van der Waals surface area (Å²) in [6, 6.07) is 7.79. The lowest BCUT2D eigenvalue weighted by molar-refractivity contribution is -0.114. The molecule has 0 aliphatic rings. The first kappa shape index (κ1) is 23.7. The van der Waals surface area contributed by atoms with Gasteiger partial charge in [0.25, 0.3) is 0 Å². The predicted octanol–water partition coefficient (Wildman–Crippen LogP) is 4.13. The van der Waals surface area contributed by atoms with Crippen LogP contribution >= 0.6 is 0 Å². The second kappa shape index (κ2) is 9.49. The molecule has 2 aromatic rings. The Kier molecular flexibility index (Phi) is 7.49. The third-order valence-electron chi connectivity index (χ3n) is 4.83. The molecule has 0 heterocycles. The molecule has 0 aliphatic heterocycles. The van der Waals surface area contributed by atoms with E-state index in [2.05, 4.69) is 23.9 Å². The van der Waals surface area contributed by atoms with Gasteiger partial charge in [-0.1, -0.05) is 13.8 Å². The maximum Gasteiger partial charge on any atom is 0.241 e. The molecule has 1 amide bonds. The van der Waals surface area contributed by atoms with E-state index < -0.39 is 16.1 Å². The molecule has 0 bridgehead atoms. The zero-order valence-electron chi connectivity index (χ0n) is 18.5. The summed E-state index contributed by atoms with van der Waals surface area (Å²) in [7, 11) is -0.765. The van der Waals surface area contributed by atoms with E-state index in [1.165, 1.54) is 32.2 Å². The number of ether oxygens (including phenoxy) is 2. The summed E-state index contributed by atoms with van der Waals surface area (Å²) in [6.45, 7) is 9.20. The van der Waals surface area contributed by atoms with E-state index in [1.54, 1.807) is 14.0 Å². The lowest BCUT2D eigenvalue weighted by Gasteiger charge is -2.21. The van der Waals surface area contributed by atoms with E-state index in [9.17, 15) is 13.2 Å². The van der Waals surface area contributed by atoms with Gasteiger partial charge in [-0.2, -0.15) is 0 Å². The van der Waals surface area contributed by atoms with Crippen molar-refractivity contribution in [1.29, 1.82) is 0 Å². The number of carbonyl (C=O) groups is 1. The molecule has 7 nitrogen and oxygen atoms in total. The fourth-order valence-corrected chi connectivity index (χ4v) is 4.56. The van der Waals surface area contributed by atoms with Gasteiger partial charge in [0.1, 0.15) is 11.5 Å². The third-order valence-corrected chi connectivity index (χ3v) is 6.37. The summed E-state index contributed by atoms with van der Waals surface area (Å²) in [5, 5.41) is 2.59. The first-order valence-electron chi connectivity index (χ1n) is 9.66. The molecule has 0 saturated heterocycles. The molecule has 8 heteroatoms. The summed E-state index contributed by atoms with van der Waals surface area (Å²) in [5.74, 6) is 1.07. The van der Waals surface area contributed by atoms with E-state index in [1.807, 2.05) is 19.1 Å². The van der Waals surface area contributed by atoms with Crippen molar-refractivity contribution in [2.24, 2.45) is 0 Å². The minimum Gasteiger partial charge on any atom is -0.496 e. The van der Waals surface area contributed by atoms with Gasteiger partial charge in [0.05, 0.1) is 24.8 Å². The Bertz CT molecular complexity index is 1030. The number of anilines is 1. The van der Waals surface area contributed by atoms with Gasteiger partial charge in [0.15, 0.2) is 0 Å². The highest BCUT2D eigenvalue weighted by molar-refractivity contribution is 7.89. The van der Waals surface area contributed by atoms with Gasteiger partial charge in [-0.05, 0) is 66.8 Å². The molecule has 0 saturated carbocycles. The molecular weight excluding hydrogens is 404 g/mol. The van der Waals surface area contributed by atoms with Crippen LogP contribution in [-0.4, -0.2) is 28.5 Å². The topological polar surface area (TPSA) is 93.7 Å². The number of benzene rings is 2. The fourth-order valence-electron chi connectivity index (χ4n) is 3.32. The molecule has 0 aromatic heterocycles. The van der Waals surface area contributed by atoms with Crippen molar-refractivity contribution in [3.05, 3.63) is 47.0 Å². The van der Waals surface area contributed by atoms with Crippen LogP contribution in [0.15, 0.2) is 35.2 Å². The average Bonchev–Trinajstić information content (AvgIpc) is 2.66. The Morgan fingerprint density at radius 2 is 1.60 bits per heavy atom. The monoisotopic (exact) mass is 434 g/mol. The van der Waals surface area contributed by atoms with E-state index >= 15 is 0 Å². The summed E-state index contributed by atoms with van der Waals surface area (Å²) in [5.41, 5.74) is 3.11. The van der Waals surface area contributed by atoms with Gasteiger partial charge >= 0.3 is 0 Å². The van der Waals surface area contributed by atoms with Crippen molar-refractivity contribution in [2.75, 3.05) is 19.5 Å². The van der Waals surface area contributed by atoms with E-state index in [0.717, 1.165) is 22.4 Å². The van der Waals surface area contributed by atoms with Crippen LogP contribution in [0.25, 0.3) is 0 Å². The molecule has 0 spiro atoms. The second-order valence-corrected chi connectivity index (χ2v) is 9.21. The SMILES string of the molecule is COc1ccc(S(=O)(=O)NC(C)c2cc(C(C)C)c(OC)cc2C)cc1NC(C)=O. The minimum absolute atomic E-state index is 0.0362. The lowest BCUT2D eigenvalue weighted by Crippen LogP contribution is -2.27. The van der Waals surface area contributed by atoms with Gasteiger partial charge in [0.2, 0.25) is 15.9 Å². The molecule has 1 atom stereocenters. The van der Waals surface area contributed by atoms with E-state index in [-0.39, 0.29) is 16.7 Å². The van der Waals surface area contributed by atoms with Gasteiger partial charge in [-0.3, -0.25) is 4.79 Å². The second-order valence-electron chi connectivity index (χ2n) is 7.49. The maximum absolute atomic E-state index is 13.0. The zero-order chi connectivity index (χ0) is 22.6. The van der Waals surface area contributed by atoms with Crippen molar-refractivity contribution in [1.82, 2.24) is 4.72 Å². The molecule has 0 fully saturated rings. The van der Waals surface area contributed by atoms with E-state index in [4.69, 9.17) is 9.47 Å². The normalized spacial score (nSPS) is 12.5. The van der Waals surface area contributed by atoms with Crippen molar-refractivity contribution in [3.63, 3.8) is 0 Å². The molecule has 0 radical (unpaired) electrons. The van der Waals surface area contributed by atoms with Crippen molar-refractivity contribution < 1.29 is 22.7 Å². The smallest absolute Gasteiger partial charge is 0.241 e. The predicted molar refractivity (Wildman–Crippen MR) is 118 cm³/mol. The Morgan fingerprint density at radius 1 is 0.967 bits per heavy atom. The molecule has 0 aliphatic carbocycles. The van der Waals surface area contributed by atoms with Crippen LogP contribution < -0.4 is 19.5 Å². The third kappa shape index (κ3) is 5.31. The number of carbonyl (C=O) groups excluding carboxylic acids is 1. The zero-order valence-corrected chi connectivity index (χ0v) is 19.3. The minimum atomic E-state index is -3.84. The molecule has 2 aromatic carbocycles. The summed E-state index contributed by atoms with van der Waals surface area (Å²) >= 11 is 0. The number of nitrogens with one attached hydrogen (secondary N) is 2.